The van der Waals surface area contributed by atoms with E-state index in [0.29, 0.717) is 17.0 Å². The standard InChI is InChI=1S/C14H13NO2S/c15-11-5-3-6-12(8-11)18-9-10-4-1-2-7-13(10)14(16)17/h1-8H,9,15H2,(H,16,17). The van der Waals surface area contributed by atoms with Crippen molar-refractivity contribution in [2.24, 2.45) is 0 Å². The molecule has 3 nitrogen and oxygen atoms in total. The lowest BCUT2D eigenvalue weighted by molar-refractivity contribution is 0.0696. The van der Waals surface area contributed by atoms with Crippen LogP contribution < -0.4 is 5.73 Å². The van der Waals surface area contributed by atoms with Crippen LogP contribution in [0.4, 0.5) is 5.69 Å². The Balaban J connectivity index is 2.13. The fourth-order valence-electron chi connectivity index (χ4n) is 1.62. The van der Waals surface area contributed by atoms with Crippen LogP contribution in [0.15, 0.2) is 53.4 Å². The van der Waals surface area contributed by atoms with E-state index in [1.54, 1.807) is 23.9 Å². The van der Waals surface area contributed by atoms with Crippen LogP contribution in [0, 0.1) is 0 Å². The first-order chi connectivity index (χ1) is 8.66. The molecule has 0 aromatic heterocycles. The van der Waals surface area contributed by atoms with Gasteiger partial charge in [-0.25, -0.2) is 4.79 Å². The van der Waals surface area contributed by atoms with Crippen molar-refractivity contribution in [2.75, 3.05) is 5.73 Å². The lowest BCUT2D eigenvalue weighted by Crippen LogP contribution is -2.00. The summed E-state index contributed by atoms with van der Waals surface area (Å²) in [5.74, 6) is -0.273. The Bertz CT molecular complexity index is 569. The van der Waals surface area contributed by atoms with Gasteiger partial charge in [0.25, 0.3) is 0 Å². The smallest absolute Gasteiger partial charge is 0.335 e. The summed E-state index contributed by atoms with van der Waals surface area (Å²) in [6, 6.07) is 14.6. The van der Waals surface area contributed by atoms with E-state index in [1.807, 2.05) is 36.4 Å². The Kier molecular flexibility index (Phi) is 3.89. The lowest BCUT2D eigenvalue weighted by Gasteiger charge is -2.06. The summed E-state index contributed by atoms with van der Waals surface area (Å²) in [6.45, 7) is 0. The van der Waals surface area contributed by atoms with Crippen LogP contribution in [0.3, 0.4) is 0 Å². The summed E-state index contributed by atoms with van der Waals surface area (Å²) in [5.41, 5.74) is 7.59. The molecule has 4 heteroatoms. The molecule has 2 aromatic rings. The molecule has 0 heterocycles. The molecular formula is C14H13NO2S. The molecule has 2 rings (SSSR count). The van der Waals surface area contributed by atoms with Crippen LogP contribution in [0.1, 0.15) is 15.9 Å². The van der Waals surface area contributed by atoms with Gasteiger partial charge in [-0.2, -0.15) is 0 Å². The van der Waals surface area contributed by atoms with Crippen molar-refractivity contribution in [3.05, 3.63) is 59.7 Å². The number of rotatable bonds is 4. The number of carbonyl (C=O) groups is 1. The maximum Gasteiger partial charge on any atom is 0.335 e. The topological polar surface area (TPSA) is 63.3 Å². The van der Waals surface area contributed by atoms with Gasteiger partial charge in [-0.05, 0) is 29.8 Å². The minimum atomic E-state index is -0.890. The molecule has 0 fully saturated rings. The van der Waals surface area contributed by atoms with Gasteiger partial charge in [0, 0.05) is 16.3 Å². The number of carboxylic acid groups (broad SMARTS) is 1. The van der Waals surface area contributed by atoms with Crippen molar-refractivity contribution in [1.82, 2.24) is 0 Å². The van der Waals surface area contributed by atoms with Gasteiger partial charge < -0.3 is 10.8 Å². The highest BCUT2D eigenvalue weighted by molar-refractivity contribution is 7.98. The molecule has 0 aliphatic rings. The van der Waals surface area contributed by atoms with Crippen LogP contribution in [0.2, 0.25) is 0 Å². The van der Waals surface area contributed by atoms with Gasteiger partial charge in [-0.1, -0.05) is 24.3 Å². The third-order valence-electron chi connectivity index (χ3n) is 2.50. The normalized spacial score (nSPS) is 10.2. The fourth-order valence-corrected chi connectivity index (χ4v) is 2.59. The molecule has 0 unspecified atom stereocenters. The molecule has 0 saturated carbocycles. The molecular weight excluding hydrogens is 246 g/mol. The number of benzene rings is 2. The van der Waals surface area contributed by atoms with Gasteiger partial charge in [0.1, 0.15) is 0 Å². The van der Waals surface area contributed by atoms with E-state index in [1.165, 1.54) is 0 Å². The second-order valence-corrected chi connectivity index (χ2v) is 4.87. The lowest BCUT2D eigenvalue weighted by atomic mass is 10.1. The van der Waals surface area contributed by atoms with Gasteiger partial charge in [0.15, 0.2) is 0 Å². The highest BCUT2D eigenvalue weighted by atomic mass is 32.2. The number of carboxylic acids is 1. The molecule has 0 bridgehead atoms. The Morgan fingerprint density at radius 1 is 1.17 bits per heavy atom. The first-order valence-electron chi connectivity index (χ1n) is 5.46. The van der Waals surface area contributed by atoms with Crippen LogP contribution in [-0.2, 0) is 5.75 Å². The monoisotopic (exact) mass is 259 g/mol. The predicted molar refractivity (Wildman–Crippen MR) is 73.8 cm³/mol. The molecule has 92 valence electrons. The minimum absolute atomic E-state index is 0.355. The van der Waals surface area contributed by atoms with Crippen LogP contribution in [0.5, 0.6) is 0 Å². The largest absolute Gasteiger partial charge is 0.478 e. The van der Waals surface area contributed by atoms with E-state index in [4.69, 9.17) is 10.8 Å². The maximum absolute atomic E-state index is 11.1. The molecule has 0 aliphatic heterocycles. The van der Waals surface area contributed by atoms with E-state index >= 15 is 0 Å². The zero-order chi connectivity index (χ0) is 13.0. The van der Waals surface area contributed by atoms with Gasteiger partial charge in [0.2, 0.25) is 0 Å². The van der Waals surface area contributed by atoms with Gasteiger partial charge in [-0.15, -0.1) is 11.8 Å². The number of hydrogen-bond acceptors (Lipinski definition) is 3. The van der Waals surface area contributed by atoms with Crippen molar-refractivity contribution in [3.8, 4) is 0 Å². The second-order valence-electron chi connectivity index (χ2n) is 3.82. The first-order valence-corrected chi connectivity index (χ1v) is 6.45. The van der Waals surface area contributed by atoms with Crippen LogP contribution in [-0.4, -0.2) is 11.1 Å². The molecule has 3 N–H and O–H groups in total. The molecule has 0 spiro atoms. The van der Waals surface area contributed by atoms with E-state index in [2.05, 4.69) is 0 Å². The summed E-state index contributed by atoms with van der Waals surface area (Å²) in [7, 11) is 0. The highest BCUT2D eigenvalue weighted by Crippen LogP contribution is 2.25. The molecule has 0 amide bonds. The van der Waals surface area contributed by atoms with E-state index in [-0.39, 0.29) is 0 Å². The van der Waals surface area contributed by atoms with Crippen LogP contribution >= 0.6 is 11.8 Å². The first kappa shape index (κ1) is 12.5. The molecule has 0 saturated heterocycles. The Labute approximate surface area is 110 Å². The molecule has 18 heavy (non-hydrogen) atoms. The Morgan fingerprint density at radius 3 is 2.67 bits per heavy atom. The summed E-state index contributed by atoms with van der Waals surface area (Å²) in [6.07, 6.45) is 0. The zero-order valence-corrected chi connectivity index (χ0v) is 10.5. The third-order valence-corrected chi connectivity index (χ3v) is 3.54. The SMILES string of the molecule is Nc1cccc(SCc2ccccc2C(=O)O)c1. The van der Waals surface area contributed by atoms with Crippen molar-refractivity contribution >= 4 is 23.4 Å². The molecule has 0 radical (unpaired) electrons. The van der Waals surface area contributed by atoms with Gasteiger partial charge in [-0.3, -0.25) is 0 Å². The number of hydrogen-bond donors (Lipinski definition) is 2. The predicted octanol–water partition coefficient (Wildman–Crippen LogP) is 3.26. The number of nitrogens with two attached hydrogens (primary N) is 1. The van der Waals surface area contributed by atoms with Gasteiger partial charge in [0.05, 0.1) is 5.56 Å². The van der Waals surface area contributed by atoms with Crippen molar-refractivity contribution in [2.45, 2.75) is 10.6 Å². The summed E-state index contributed by atoms with van der Waals surface area (Å²) in [4.78, 5) is 12.1. The average Bonchev–Trinajstić information content (AvgIpc) is 2.37. The number of thioether (sulfide) groups is 1. The number of anilines is 1. The molecule has 0 aliphatic carbocycles. The van der Waals surface area contributed by atoms with E-state index < -0.39 is 5.97 Å². The van der Waals surface area contributed by atoms with Gasteiger partial charge >= 0.3 is 5.97 Å². The van der Waals surface area contributed by atoms with Crippen molar-refractivity contribution in [1.29, 1.82) is 0 Å². The summed E-state index contributed by atoms with van der Waals surface area (Å²) in [5, 5.41) is 9.08. The summed E-state index contributed by atoms with van der Waals surface area (Å²) < 4.78 is 0. The molecule has 0 atom stereocenters. The van der Waals surface area contributed by atoms with E-state index in [9.17, 15) is 4.79 Å². The zero-order valence-electron chi connectivity index (χ0n) is 9.67. The average molecular weight is 259 g/mol. The second kappa shape index (κ2) is 5.60. The minimum Gasteiger partial charge on any atom is -0.478 e. The Hall–Kier alpha value is -1.94. The third kappa shape index (κ3) is 3.05. The quantitative estimate of drug-likeness (QED) is 0.653. The Morgan fingerprint density at radius 2 is 1.94 bits per heavy atom. The van der Waals surface area contributed by atoms with Crippen molar-refractivity contribution in [3.63, 3.8) is 0 Å². The summed E-state index contributed by atoms with van der Waals surface area (Å²) >= 11 is 1.58. The van der Waals surface area contributed by atoms with Crippen LogP contribution in [0.25, 0.3) is 0 Å². The number of nitrogen functional groups attached to an aromatic ring is 1. The van der Waals surface area contributed by atoms with E-state index in [0.717, 1.165) is 10.5 Å². The van der Waals surface area contributed by atoms with Crippen molar-refractivity contribution < 1.29 is 9.90 Å². The highest BCUT2D eigenvalue weighted by Gasteiger charge is 2.08. The molecule has 2 aromatic carbocycles. The maximum atomic E-state index is 11.1. The number of aromatic carboxylic acids is 1. The fraction of sp³-hybridized carbons (Fsp3) is 0.0714.